The van der Waals surface area contributed by atoms with Crippen LogP contribution in [0.4, 0.5) is 0 Å². The van der Waals surface area contributed by atoms with Gasteiger partial charge in [0.1, 0.15) is 12.4 Å². The Morgan fingerprint density at radius 1 is 1.50 bits per heavy atom. The Labute approximate surface area is 106 Å². The van der Waals surface area contributed by atoms with Crippen LogP contribution in [0.2, 0.25) is 0 Å². The van der Waals surface area contributed by atoms with E-state index in [9.17, 15) is 0 Å². The van der Waals surface area contributed by atoms with E-state index < -0.39 is 0 Å². The molecule has 0 saturated carbocycles. The Balaban J connectivity index is 1.70. The third-order valence-corrected chi connectivity index (χ3v) is 3.40. The molecular formula is C14H17N3O. The summed E-state index contributed by atoms with van der Waals surface area (Å²) in [5.74, 6) is 0.909. The van der Waals surface area contributed by atoms with Gasteiger partial charge < -0.3 is 10.5 Å². The van der Waals surface area contributed by atoms with E-state index in [2.05, 4.69) is 17.2 Å². The number of aryl methyl sites for hydroxylation is 2. The molecule has 1 aliphatic carbocycles. The van der Waals surface area contributed by atoms with Gasteiger partial charge >= 0.3 is 0 Å². The van der Waals surface area contributed by atoms with Crippen molar-refractivity contribution in [2.45, 2.75) is 25.5 Å². The van der Waals surface area contributed by atoms with Crippen LogP contribution < -0.4 is 10.5 Å². The SMILES string of the molecule is Cn1cc(COc2ccc3c(c2)CCC3N)cn1. The summed E-state index contributed by atoms with van der Waals surface area (Å²) in [6, 6.07) is 6.40. The molecule has 1 atom stereocenters. The number of fused-ring (bicyclic) bond motifs is 1. The predicted molar refractivity (Wildman–Crippen MR) is 69.2 cm³/mol. The zero-order chi connectivity index (χ0) is 12.5. The number of rotatable bonds is 3. The van der Waals surface area contributed by atoms with Gasteiger partial charge in [0.2, 0.25) is 0 Å². The van der Waals surface area contributed by atoms with Crippen molar-refractivity contribution >= 4 is 0 Å². The Kier molecular flexibility index (Phi) is 2.80. The normalized spacial score (nSPS) is 17.8. The van der Waals surface area contributed by atoms with Crippen molar-refractivity contribution in [3.8, 4) is 5.75 Å². The van der Waals surface area contributed by atoms with Gasteiger partial charge in [-0.3, -0.25) is 4.68 Å². The third kappa shape index (κ3) is 2.11. The molecule has 3 rings (SSSR count). The quantitative estimate of drug-likeness (QED) is 0.896. The second kappa shape index (κ2) is 4.46. The average molecular weight is 243 g/mol. The molecule has 94 valence electrons. The summed E-state index contributed by atoms with van der Waals surface area (Å²) in [5.41, 5.74) is 9.68. The zero-order valence-corrected chi connectivity index (χ0v) is 10.5. The summed E-state index contributed by atoms with van der Waals surface area (Å²) in [6.07, 6.45) is 5.88. The summed E-state index contributed by atoms with van der Waals surface area (Å²) < 4.78 is 7.55. The molecule has 2 aromatic rings. The summed E-state index contributed by atoms with van der Waals surface area (Å²) in [4.78, 5) is 0. The van der Waals surface area contributed by atoms with Crippen molar-refractivity contribution < 1.29 is 4.74 Å². The van der Waals surface area contributed by atoms with Crippen molar-refractivity contribution in [2.24, 2.45) is 12.8 Å². The van der Waals surface area contributed by atoms with Crippen molar-refractivity contribution in [3.05, 3.63) is 47.3 Å². The molecule has 4 nitrogen and oxygen atoms in total. The van der Waals surface area contributed by atoms with Gasteiger partial charge in [0.15, 0.2) is 0 Å². The molecule has 0 radical (unpaired) electrons. The summed E-state index contributed by atoms with van der Waals surface area (Å²) >= 11 is 0. The molecule has 0 amide bonds. The number of hydrogen-bond donors (Lipinski definition) is 1. The molecule has 0 saturated heterocycles. The Morgan fingerprint density at radius 3 is 3.17 bits per heavy atom. The highest BCUT2D eigenvalue weighted by molar-refractivity contribution is 5.40. The highest BCUT2D eigenvalue weighted by Crippen LogP contribution is 2.31. The lowest BCUT2D eigenvalue weighted by Gasteiger charge is -2.08. The van der Waals surface area contributed by atoms with E-state index in [0.717, 1.165) is 24.2 Å². The van der Waals surface area contributed by atoms with Crippen LogP contribution in [-0.4, -0.2) is 9.78 Å². The van der Waals surface area contributed by atoms with Gasteiger partial charge in [-0.15, -0.1) is 0 Å². The fourth-order valence-corrected chi connectivity index (χ4v) is 2.43. The monoisotopic (exact) mass is 243 g/mol. The smallest absolute Gasteiger partial charge is 0.120 e. The van der Waals surface area contributed by atoms with Crippen LogP contribution in [0.25, 0.3) is 0 Å². The summed E-state index contributed by atoms with van der Waals surface area (Å²) in [5, 5.41) is 4.12. The lowest BCUT2D eigenvalue weighted by atomic mass is 10.1. The number of nitrogens with two attached hydrogens (primary N) is 1. The van der Waals surface area contributed by atoms with Gasteiger partial charge in [-0.1, -0.05) is 6.07 Å². The minimum Gasteiger partial charge on any atom is -0.489 e. The maximum atomic E-state index is 6.01. The molecule has 18 heavy (non-hydrogen) atoms. The lowest BCUT2D eigenvalue weighted by Crippen LogP contribution is -2.05. The number of hydrogen-bond acceptors (Lipinski definition) is 3. The van der Waals surface area contributed by atoms with E-state index in [1.165, 1.54) is 11.1 Å². The van der Waals surface area contributed by atoms with Crippen LogP contribution in [0, 0.1) is 0 Å². The van der Waals surface area contributed by atoms with Crippen LogP contribution in [-0.2, 0) is 20.1 Å². The molecule has 1 heterocycles. The average Bonchev–Trinajstić information content (AvgIpc) is 2.94. The van der Waals surface area contributed by atoms with Crippen molar-refractivity contribution in [1.29, 1.82) is 0 Å². The Bertz CT molecular complexity index is 562. The van der Waals surface area contributed by atoms with E-state index in [0.29, 0.717) is 6.61 Å². The Morgan fingerprint density at radius 2 is 2.39 bits per heavy atom. The maximum absolute atomic E-state index is 6.01. The van der Waals surface area contributed by atoms with Gasteiger partial charge in [-0.05, 0) is 36.1 Å². The molecule has 1 unspecified atom stereocenters. The standard InChI is InChI=1S/C14H17N3O/c1-17-8-10(7-16-17)9-18-12-3-4-13-11(6-12)2-5-14(13)15/h3-4,6-8,14H,2,5,9,15H2,1H3. The van der Waals surface area contributed by atoms with Crippen molar-refractivity contribution in [3.63, 3.8) is 0 Å². The van der Waals surface area contributed by atoms with Crippen LogP contribution in [0.1, 0.15) is 29.2 Å². The molecular weight excluding hydrogens is 226 g/mol. The second-order valence-electron chi connectivity index (χ2n) is 4.82. The zero-order valence-electron chi connectivity index (χ0n) is 10.5. The fraction of sp³-hybridized carbons (Fsp3) is 0.357. The van der Waals surface area contributed by atoms with Crippen LogP contribution in [0.3, 0.4) is 0 Å². The number of benzene rings is 1. The minimum atomic E-state index is 0.201. The Hall–Kier alpha value is -1.81. The van der Waals surface area contributed by atoms with Gasteiger partial charge in [0, 0.05) is 24.8 Å². The number of nitrogens with zero attached hydrogens (tertiary/aromatic N) is 2. The van der Waals surface area contributed by atoms with Crippen LogP contribution >= 0.6 is 0 Å². The van der Waals surface area contributed by atoms with E-state index >= 15 is 0 Å². The van der Waals surface area contributed by atoms with Gasteiger partial charge in [0.05, 0.1) is 6.20 Å². The first-order chi connectivity index (χ1) is 8.72. The van der Waals surface area contributed by atoms with Crippen LogP contribution in [0.5, 0.6) is 5.75 Å². The molecule has 1 aromatic carbocycles. The summed E-state index contributed by atoms with van der Waals surface area (Å²) in [7, 11) is 1.90. The molecule has 0 bridgehead atoms. The molecule has 4 heteroatoms. The topological polar surface area (TPSA) is 53.1 Å². The molecule has 0 aliphatic heterocycles. The largest absolute Gasteiger partial charge is 0.489 e. The highest BCUT2D eigenvalue weighted by atomic mass is 16.5. The van der Waals surface area contributed by atoms with Crippen molar-refractivity contribution in [2.75, 3.05) is 0 Å². The molecule has 2 N–H and O–H groups in total. The first kappa shape index (κ1) is 11.3. The predicted octanol–water partition coefficient (Wildman–Crippen LogP) is 1.95. The first-order valence-corrected chi connectivity index (χ1v) is 6.21. The minimum absolute atomic E-state index is 0.201. The molecule has 0 spiro atoms. The first-order valence-electron chi connectivity index (χ1n) is 6.21. The highest BCUT2D eigenvalue weighted by Gasteiger charge is 2.19. The van der Waals surface area contributed by atoms with Gasteiger partial charge in [-0.25, -0.2) is 0 Å². The summed E-state index contributed by atoms with van der Waals surface area (Å²) in [6.45, 7) is 0.554. The van der Waals surface area contributed by atoms with Crippen molar-refractivity contribution in [1.82, 2.24) is 9.78 Å². The lowest BCUT2D eigenvalue weighted by molar-refractivity contribution is 0.306. The van der Waals surface area contributed by atoms with E-state index in [1.807, 2.05) is 25.5 Å². The fourth-order valence-electron chi connectivity index (χ4n) is 2.43. The number of aromatic nitrogens is 2. The molecule has 1 aromatic heterocycles. The van der Waals surface area contributed by atoms with E-state index in [4.69, 9.17) is 10.5 Å². The van der Waals surface area contributed by atoms with E-state index in [-0.39, 0.29) is 6.04 Å². The number of ether oxygens (including phenoxy) is 1. The molecule has 1 aliphatic rings. The maximum Gasteiger partial charge on any atom is 0.120 e. The second-order valence-corrected chi connectivity index (χ2v) is 4.82. The van der Waals surface area contributed by atoms with Crippen LogP contribution in [0.15, 0.2) is 30.6 Å². The molecule has 0 fully saturated rings. The third-order valence-electron chi connectivity index (χ3n) is 3.40. The van der Waals surface area contributed by atoms with Gasteiger partial charge in [-0.2, -0.15) is 5.10 Å². The van der Waals surface area contributed by atoms with E-state index in [1.54, 1.807) is 4.68 Å². The van der Waals surface area contributed by atoms with Gasteiger partial charge in [0.25, 0.3) is 0 Å².